The Morgan fingerprint density at radius 3 is 2.79 bits per heavy atom. The van der Waals surface area contributed by atoms with Crippen molar-refractivity contribution in [3.63, 3.8) is 0 Å². The van der Waals surface area contributed by atoms with Gasteiger partial charge in [0.15, 0.2) is 5.84 Å². The molecule has 0 radical (unpaired) electrons. The molecule has 1 amide bonds. The maximum absolute atomic E-state index is 12.1. The highest BCUT2D eigenvalue weighted by Crippen LogP contribution is 2.04. The van der Waals surface area contributed by atoms with E-state index in [1.54, 1.807) is 6.92 Å². The average molecular weight is 349 g/mol. The standard InChI is InChI=1S/C14H17ClN8O/c1-9(21-14(24)11-6-18-7-12(15)23-11)13(20-8-17)22-10(2)19-5-3-4-16/h3-9H,2,16H2,1H3,(H,21,24)(H2,17,20,22)/b4-3-,19-5?/t9-/m0/s1. The van der Waals surface area contributed by atoms with Crippen molar-refractivity contribution in [2.24, 2.45) is 26.4 Å². The van der Waals surface area contributed by atoms with Crippen LogP contribution in [0.25, 0.3) is 0 Å². The van der Waals surface area contributed by atoms with Crippen LogP contribution in [0.3, 0.4) is 0 Å². The summed E-state index contributed by atoms with van der Waals surface area (Å²) in [5.41, 5.74) is 10.6. The van der Waals surface area contributed by atoms with Crippen LogP contribution in [0, 0.1) is 0 Å². The van der Waals surface area contributed by atoms with Gasteiger partial charge in [-0.05, 0) is 19.2 Å². The highest BCUT2D eigenvalue weighted by Gasteiger charge is 2.16. The SMILES string of the molecule is C=C(N=C/C=C\N)N=C(N=CN)[C@H](C)NC(=O)c1cncc(Cl)n1. The molecule has 1 heterocycles. The number of hydrogen-bond acceptors (Lipinski definition) is 6. The molecule has 10 heteroatoms. The van der Waals surface area contributed by atoms with Crippen LogP contribution in [0.4, 0.5) is 0 Å². The molecule has 0 unspecified atom stereocenters. The van der Waals surface area contributed by atoms with Gasteiger partial charge in [0, 0.05) is 6.21 Å². The zero-order chi connectivity index (χ0) is 17.9. The largest absolute Gasteiger partial charge is 0.405 e. The van der Waals surface area contributed by atoms with Crippen molar-refractivity contribution in [3.05, 3.63) is 47.9 Å². The van der Waals surface area contributed by atoms with Crippen molar-refractivity contribution >= 4 is 35.9 Å². The van der Waals surface area contributed by atoms with E-state index in [0.717, 1.165) is 6.34 Å². The van der Waals surface area contributed by atoms with Crippen molar-refractivity contribution < 1.29 is 4.79 Å². The van der Waals surface area contributed by atoms with Crippen molar-refractivity contribution in [3.8, 4) is 0 Å². The molecule has 0 spiro atoms. The second kappa shape index (κ2) is 9.85. The number of amidine groups is 1. The Morgan fingerprint density at radius 2 is 2.17 bits per heavy atom. The summed E-state index contributed by atoms with van der Waals surface area (Å²) >= 11 is 5.71. The van der Waals surface area contributed by atoms with E-state index in [1.807, 2.05) is 0 Å². The summed E-state index contributed by atoms with van der Waals surface area (Å²) in [6.45, 7) is 5.32. The number of amides is 1. The first-order valence-electron chi connectivity index (χ1n) is 6.69. The molecule has 0 aromatic carbocycles. The molecule has 0 saturated carbocycles. The van der Waals surface area contributed by atoms with E-state index in [2.05, 4.69) is 36.8 Å². The van der Waals surface area contributed by atoms with Gasteiger partial charge in [0.2, 0.25) is 0 Å². The number of aliphatic imine (C=N–C) groups is 3. The molecule has 24 heavy (non-hydrogen) atoms. The number of nitrogens with two attached hydrogens (primary N) is 2. The molecule has 9 nitrogen and oxygen atoms in total. The molecule has 0 saturated heterocycles. The number of carbonyl (C=O) groups excluding carboxylic acids is 1. The highest BCUT2D eigenvalue weighted by molar-refractivity contribution is 6.29. The Hall–Kier alpha value is -3.07. The Labute approximate surface area is 144 Å². The number of rotatable bonds is 6. The summed E-state index contributed by atoms with van der Waals surface area (Å²) in [7, 11) is 0. The first-order chi connectivity index (χ1) is 11.5. The lowest BCUT2D eigenvalue weighted by molar-refractivity contribution is 0.0943. The molecule has 1 aromatic rings. The van der Waals surface area contributed by atoms with Crippen LogP contribution >= 0.6 is 11.6 Å². The first-order valence-corrected chi connectivity index (χ1v) is 7.06. The fourth-order valence-electron chi connectivity index (χ4n) is 1.44. The molecule has 0 aliphatic heterocycles. The van der Waals surface area contributed by atoms with Crippen molar-refractivity contribution in [2.75, 3.05) is 0 Å². The van der Waals surface area contributed by atoms with E-state index in [0.29, 0.717) is 0 Å². The zero-order valence-electron chi connectivity index (χ0n) is 12.9. The van der Waals surface area contributed by atoms with Crippen LogP contribution in [-0.2, 0) is 0 Å². The molecule has 126 valence electrons. The van der Waals surface area contributed by atoms with Crippen LogP contribution in [-0.4, -0.2) is 40.3 Å². The van der Waals surface area contributed by atoms with Gasteiger partial charge in [-0.2, -0.15) is 0 Å². The van der Waals surface area contributed by atoms with Crippen LogP contribution in [0.1, 0.15) is 17.4 Å². The lowest BCUT2D eigenvalue weighted by atomic mass is 10.3. The first kappa shape index (κ1) is 19.0. The highest BCUT2D eigenvalue weighted by atomic mass is 35.5. The molecule has 0 aliphatic rings. The lowest BCUT2D eigenvalue weighted by Crippen LogP contribution is -2.38. The third-order valence-electron chi connectivity index (χ3n) is 2.44. The van der Waals surface area contributed by atoms with Gasteiger partial charge in [-0.15, -0.1) is 0 Å². The molecular weight excluding hydrogens is 332 g/mol. The van der Waals surface area contributed by atoms with E-state index >= 15 is 0 Å². The number of carbonyl (C=O) groups is 1. The monoisotopic (exact) mass is 348 g/mol. The molecule has 0 aliphatic carbocycles. The van der Waals surface area contributed by atoms with Gasteiger partial charge in [0.25, 0.3) is 5.91 Å². The van der Waals surface area contributed by atoms with E-state index in [-0.39, 0.29) is 22.5 Å². The van der Waals surface area contributed by atoms with E-state index < -0.39 is 11.9 Å². The number of halogens is 1. The predicted octanol–water partition coefficient (Wildman–Crippen LogP) is 0.648. The number of nitrogens with one attached hydrogen (secondary N) is 1. The van der Waals surface area contributed by atoms with E-state index in [4.69, 9.17) is 23.1 Å². The van der Waals surface area contributed by atoms with Gasteiger partial charge >= 0.3 is 0 Å². The summed E-state index contributed by atoms with van der Waals surface area (Å²) in [6.07, 6.45) is 7.91. The number of allylic oxidation sites excluding steroid dienone is 1. The molecule has 1 rings (SSSR count). The van der Waals surface area contributed by atoms with Crippen LogP contribution in [0.15, 0.2) is 52.0 Å². The summed E-state index contributed by atoms with van der Waals surface area (Å²) in [6, 6.07) is -0.588. The predicted molar refractivity (Wildman–Crippen MR) is 95.0 cm³/mol. The summed E-state index contributed by atoms with van der Waals surface area (Å²) in [5, 5.41) is 2.76. The molecule has 1 atom stereocenters. The molecule has 0 fully saturated rings. The Balaban J connectivity index is 2.88. The van der Waals surface area contributed by atoms with Gasteiger partial charge < -0.3 is 16.8 Å². The van der Waals surface area contributed by atoms with Gasteiger partial charge in [-0.3, -0.25) is 9.78 Å². The minimum atomic E-state index is -0.588. The van der Waals surface area contributed by atoms with Crippen LogP contribution in [0.5, 0.6) is 0 Å². The summed E-state index contributed by atoms with van der Waals surface area (Å²) in [5.74, 6) is -0.116. The quantitative estimate of drug-likeness (QED) is 0.510. The van der Waals surface area contributed by atoms with Crippen molar-refractivity contribution in [2.45, 2.75) is 13.0 Å². The minimum absolute atomic E-state index is 0.0651. The molecule has 5 N–H and O–H groups in total. The second-order valence-electron chi connectivity index (χ2n) is 4.25. The summed E-state index contributed by atoms with van der Waals surface area (Å²) in [4.78, 5) is 31.7. The minimum Gasteiger partial charge on any atom is -0.405 e. The third kappa shape index (κ3) is 6.36. The lowest BCUT2D eigenvalue weighted by Gasteiger charge is -2.13. The van der Waals surface area contributed by atoms with Gasteiger partial charge in [-0.1, -0.05) is 18.2 Å². The Kier molecular flexibility index (Phi) is 7.79. The van der Waals surface area contributed by atoms with E-state index in [1.165, 1.54) is 30.9 Å². The Bertz CT molecular complexity index is 710. The maximum Gasteiger partial charge on any atom is 0.272 e. The normalized spacial score (nSPS) is 13.7. The summed E-state index contributed by atoms with van der Waals surface area (Å²) < 4.78 is 0. The zero-order valence-corrected chi connectivity index (χ0v) is 13.7. The fourth-order valence-corrected chi connectivity index (χ4v) is 1.59. The number of hydrogen-bond donors (Lipinski definition) is 3. The van der Waals surface area contributed by atoms with Crippen LogP contribution in [0.2, 0.25) is 5.15 Å². The van der Waals surface area contributed by atoms with Crippen LogP contribution < -0.4 is 16.8 Å². The average Bonchev–Trinajstić information content (AvgIpc) is 2.54. The smallest absolute Gasteiger partial charge is 0.272 e. The van der Waals surface area contributed by atoms with Gasteiger partial charge in [0.1, 0.15) is 16.7 Å². The second-order valence-corrected chi connectivity index (χ2v) is 4.64. The van der Waals surface area contributed by atoms with E-state index in [9.17, 15) is 4.79 Å². The number of nitrogens with zero attached hydrogens (tertiary/aromatic N) is 5. The number of aromatic nitrogens is 2. The third-order valence-corrected chi connectivity index (χ3v) is 2.63. The van der Waals surface area contributed by atoms with Gasteiger partial charge in [0.05, 0.1) is 24.8 Å². The van der Waals surface area contributed by atoms with Gasteiger partial charge in [-0.25, -0.2) is 20.0 Å². The topological polar surface area (TPSA) is 144 Å². The van der Waals surface area contributed by atoms with Crippen molar-refractivity contribution in [1.29, 1.82) is 0 Å². The van der Waals surface area contributed by atoms with Crippen molar-refractivity contribution in [1.82, 2.24) is 15.3 Å². The fraction of sp³-hybridized carbons (Fsp3) is 0.143. The molecule has 0 bridgehead atoms. The molecular formula is C14H17ClN8O. The maximum atomic E-state index is 12.1. The Morgan fingerprint density at radius 1 is 1.42 bits per heavy atom. The molecule has 1 aromatic heterocycles.